The fourth-order valence-electron chi connectivity index (χ4n) is 6.11. The van der Waals surface area contributed by atoms with Crippen LogP contribution in [0.25, 0.3) is 22.0 Å². The van der Waals surface area contributed by atoms with Gasteiger partial charge < -0.3 is 34.0 Å². The number of carbonyl (C=O) groups is 1. The van der Waals surface area contributed by atoms with Crippen LogP contribution in [-0.2, 0) is 29.0 Å². The summed E-state index contributed by atoms with van der Waals surface area (Å²) in [5.74, 6) is 2.45. The fraction of sp³-hybridized carbons (Fsp3) is 0.140. The smallest absolute Gasteiger partial charge is 0.657 e. The summed E-state index contributed by atoms with van der Waals surface area (Å²) < 4.78 is 22.2. The van der Waals surface area contributed by atoms with Crippen LogP contribution < -0.4 is 19.2 Å². The van der Waals surface area contributed by atoms with Crippen LogP contribution in [0, 0.1) is 0 Å². The number of amides is 1. The maximum Gasteiger partial charge on any atom is 2.00 e. The van der Waals surface area contributed by atoms with Gasteiger partial charge in [-0.2, -0.15) is 0 Å². The summed E-state index contributed by atoms with van der Waals surface area (Å²) in [4.78, 5) is 27.5. The Morgan fingerprint density at radius 2 is 1.04 bits per heavy atom. The summed E-state index contributed by atoms with van der Waals surface area (Å²) in [6.07, 6.45) is 10.9. The first-order valence-electron chi connectivity index (χ1n) is 16.8. The number of nitrogens with zero attached hydrogens (tertiary/aromatic N) is 4. The summed E-state index contributed by atoms with van der Waals surface area (Å²) in [5.41, 5.74) is 9.20. The van der Waals surface area contributed by atoms with Crippen molar-refractivity contribution in [2.45, 2.75) is 20.0 Å². The number of aliphatic imine (C=N–C) groups is 2. The summed E-state index contributed by atoms with van der Waals surface area (Å²) in [6.45, 7) is 3.95. The zero-order valence-electron chi connectivity index (χ0n) is 30.2. The number of carbonyl (C=O) groups excluding carboxylic acids is 1. The van der Waals surface area contributed by atoms with Crippen molar-refractivity contribution in [3.05, 3.63) is 172 Å². The quantitative estimate of drug-likeness (QED) is 0.151. The van der Waals surface area contributed by atoms with Gasteiger partial charge >= 0.3 is 19.5 Å². The third-order valence-electron chi connectivity index (χ3n) is 8.54. The van der Waals surface area contributed by atoms with Crippen molar-refractivity contribution >= 4 is 34.2 Å². The minimum absolute atomic E-state index is 0. The molecule has 53 heavy (non-hydrogen) atoms. The molecule has 4 aromatic rings. The average molecular weight is 754 g/mol. The van der Waals surface area contributed by atoms with E-state index < -0.39 is 0 Å². The first kappa shape index (κ1) is 36.8. The van der Waals surface area contributed by atoms with Crippen LogP contribution in [-0.4, -0.2) is 44.9 Å². The topological polar surface area (TPSA) is 107 Å². The van der Waals surface area contributed by atoms with Crippen LogP contribution in [0.2, 0.25) is 0 Å². The van der Waals surface area contributed by atoms with Gasteiger partial charge in [-0.1, -0.05) is 54.6 Å². The first-order valence-corrected chi connectivity index (χ1v) is 16.8. The van der Waals surface area contributed by atoms with Crippen LogP contribution in [0.15, 0.2) is 148 Å². The number of methoxy groups -OCH3 is 3. The van der Waals surface area contributed by atoms with Crippen molar-refractivity contribution in [2.75, 3.05) is 21.3 Å². The predicted octanol–water partition coefficient (Wildman–Crippen LogP) is 8.47. The Morgan fingerprint density at radius 3 is 1.49 bits per heavy atom. The molecule has 0 saturated carbocycles. The molecule has 3 aromatic carbocycles. The van der Waals surface area contributed by atoms with Crippen molar-refractivity contribution in [3.8, 4) is 17.2 Å². The fourth-order valence-corrected chi connectivity index (χ4v) is 6.11. The molecule has 1 amide bonds. The van der Waals surface area contributed by atoms with E-state index in [9.17, 15) is 4.79 Å². The molecule has 0 atom stereocenters. The van der Waals surface area contributed by atoms with E-state index in [1.54, 1.807) is 27.4 Å². The van der Waals surface area contributed by atoms with E-state index in [-0.39, 0.29) is 31.5 Å². The zero-order valence-corrected chi connectivity index (χ0v) is 33.1. The molecule has 0 N–H and O–H groups in total. The van der Waals surface area contributed by atoms with Crippen LogP contribution in [0.5, 0.6) is 17.2 Å². The van der Waals surface area contributed by atoms with E-state index in [0.29, 0.717) is 23.0 Å². The minimum atomic E-state index is -0.307. The van der Waals surface area contributed by atoms with Gasteiger partial charge in [-0.3, -0.25) is 0 Å². The van der Waals surface area contributed by atoms with Gasteiger partial charge in [0, 0.05) is 6.08 Å². The van der Waals surface area contributed by atoms with Crippen molar-refractivity contribution in [3.63, 3.8) is 0 Å². The van der Waals surface area contributed by atoms with Crippen molar-refractivity contribution in [1.29, 1.82) is 0 Å². The normalized spacial score (nSPS) is 17.3. The molecular formula is C43H36N4O5Zn. The molecule has 1 aromatic heterocycles. The molecule has 0 fully saturated rings. The molecular weight excluding hydrogens is 718 g/mol. The molecule has 0 unspecified atom stereocenters. The summed E-state index contributed by atoms with van der Waals surface area (Å²) >= 11 is 0. The number of benzene rings is 3. The molecule has 0 saturated heterocycles. The molecule has 4 heterocycles. The van der Waals surface area contributed by atoms with E-state index in [1.165, 1.54) is 6.08 Å². The number of hydrogen-bond donors (Lipinski definition) is 0. The van der Waals surface area contributed by atoms with Gasteiger partial charge in [0.15, 0.2) is 0 Å². The molecule has 0 bridgehead atoms. The molecule has 7 rings (SSSR count). The van der Waals surface area contributed by atoms with Gasteiger partial charge in [-0.25, -0.2) is 9.98 Å². The third-order valence-corrected chi connectivity index (χ3v) is 8.54. The van der Waals surface area contributed by atoms with E-state index >= 15 is 0 Å². The molecule has 10 heteroatoms. The second-order valence-electron chi connectivity index (χ2n) is 12.2. The van der Waals surface area contributed by atoms with E-state index in [4.69, 9.17) is 33.9 Å². The van der Waals surface area contributed by atoms with Gasteiger partial charge in [0.05, 0.1) is 50.4 Å². The molecule has 0 aliphatic carbocycles. The summed E-state index contributed by atoms with van der Waals surface area (Å²) in [6, 6.07) is 27.3. The van der Waals surface area contributed by atoms with Crippen LogP contribution in [0.3, 0.4) is 0 Å². The van der Waals surface area contributed by atoms with Crippen molar-refractivity contribution < 1.29 is 43.2 Å². The van der Waals surface area contributed by atoms with E-state index in [0.717, 1.165) is 67.7 Å². The number of hydrogen-bond acceptors (Lipinski definition) is 7. The van der Waals surface area contributed by atoms with Gasteiger partial charge in [0.2, 0.25) is 5.90 Å². The molecule has 260 valence electrons. The predicted molar refractivity (Wildman–Crippen MR) is 205 cm³/mol. The molecule has 3 aliphatic rings. The van der Waals surface area contributed by atoms with Crippen LogP contribution >= 0.6 is 0 Å². The summed E-state index contributed by atoms with van der Waals surface area (Å²) in [5, 5.41) is 4.28. The van der Waals surface area contributed by atoms with Crippen LogP contribution in [0.1, 0.15) is 41.9 Å². The Bertz CT molecular complexity index is 2270. The second-order valence-corrected chi connectivity index (χ2v) is 12.2. The van der Waals surface area contributed by atoms with Gasteiger partial charge in [-0.05, 0) is 108 Å². The minimum Gasteiger partial charge on any atom is -0.657 e. The largest absolute Gasteiger partial charge is 2.00 e. The Kier molecular flexibility index (Phi) is 11.2. The Morgan fingerprint density at radius 1 is 0.566 bits per heavy atom. The molecule has 9 nitrogen and oxygen atoms in total. The number of aromatic nitrogens is 1. The van der Waals surface area contributed by atoms with Crippen molar-refractivity contribution in [1.82, 2.24) is 4.98 Å². The molecule has 0 spiro atoms. The standard InChI is InChI=1S/C43H37N4O5.Zn/c1-26(2)52-40-25-23-38(47-40)43(29-10-16-32(51-5)17-11-29)36-21-19-34(45-36)41(27-6-12-30(49-3)13-7-27)33-18-20-35(44-33)42(37-22-24-39(48)46-37)28-8-14-31(50-4)15-9-28;/h6-26H,1-5H3,(H-,44,45,46,47,48);/q-1;+2/p-1. The average Bonchev–Trinajstić information content (AvgIpc) is 4.00. The van der Waals surface area contributed by atoms with Gasteiger partial charge in [0.1, 0.15) is 17.2 Å². The maximum atomic E-state index is 12.2. The van der Waals surface area contributed by atoms with Crippen molar-refractivity contribution in [2.24, 2.45) is 9.98 Å². The van der Waals surface area contributed by atoms with Gasteiger partial charge in [-0.15, -0.1) is 17.1 Å². The monoisotopic (exact) mass is 752 g/mol. The van der Waals surface area contributed by atoms with Gasteiger partial charge in [0.25, 0.3) is 0 Å². The second kappa shape index (κ2) is 16.1. The number of allylic oxidation sites excluding steroid dienone is 5. The Hall–Kier alpha value is -5.99. The van der Waals surface area contributed by atoms with E-state index in [2.05, 4.69) is 5.32 Å². The number of rotatable bonds is 10. The third kappa shape index (κ3) is 7.93. The number of ether oxygens (including phenoxy) is 4. The Labute approximate surface area is 321 Å². The SMILES string of the molecule is COc1ccc(/C(C2=N/C(=C(/c3ccc(OC)cc3)c3ccc(/C(=C4/C=CC(OC(C)C)=N4)c4ccc(OC)cc4)[n-]3)C=C2)=C2\C=CC(=O)[N-]2)cc1.[Zn+2]. The molecule has 3 aliphatic heterocycles. The molecule has 0 radical (unpaired) electrons. The maximum absolute atomic E-state index is 12.2. The first-order chi connectivity index (χ1) is 25.3. The summed E-state index contributed by atoms with van der Waals surface area (Å²) in [7, 11) is 4.91. The zero-order chi connectivity index (χ0) is 36.2. The Balaban J connectivity index is 0.00000481. The van der Waals surface area contributed by atoms with Crippen LogP contribution in [0.4, 0.5) is 0 Å². The van der Waals surface area contributed by atoms with E-state index in [1.807, 2.05) is 123 Å².